The first kappa shape index (κ1) is 14.5. The Hall–Kier alpha value is -1.92. The molecule has 6 heteroatoms. The molecule has 0 aliphatic heterocycles. The van der Waals surface area contributed by atoms with Gasteiger partial charge in [0.05, 0.1) is 30.7 Å². The smallest absolute Gasteiger partial charge is 0.340 e. The van der Waals surface area contributed by atoms with Crippen LogP contribution in [-0.4, -0.2) is 23.2 Å². The summed E-state index contributed by atoms with van der Waals surface area (Å²) >= 11 is 3.25. The zero-order chi connectivity index (χ0) is 14.7. The van der Waals surface area contributed by atoms with Crippen LogP contribution in [0.2, 0.25) is 0 Å². The van der Waals surface area contributed by atoms with Crippen LogP contribution in [0.4, 0.5) is 5.69 Å². The number of aromatic nitrogens is 1. The summed E-state index contributed by atoms with van der Waals surface area (Å²) in [6.07, 6.45) is 0. The summed E-state index contributed by atoms with van der Waals surface area (Å²) in [7, 11) is 1.29. The van der Waals surface area contributed by atoms with E-state index in [0.717, 1.165) is 11.1 Å². The maximum absolute atomic E-state index is 11.7. The SMILES string of the molecule is COC(=O)c1cc(Br)nc(-c2cccc(CO)c2)c1N. The number of aliphatic hydroxyl groups is 1. The number of rotatable bonds is 3. The molecule has 0 aliphatic carbocycles. The highest BCUT2D eigenvalue weighted by molar-refractivity contribution is 9.10. The lowest BCUT2D eigenvalue weighted by Gasteiger charge is -2.11. The second kappa shape index (κ2) is 6.02. The van der Waals surface area contributed by atoms with E-state index in [1.165, 1.54) is 13.2 Å². The number of esters is 1. The van der Waals surface area contributed by atoms with Crippen LogP contribution < -0.4 is 5.73 Å². The molecule has 1 aromatic heterocycles. The number of benzene rings is 1. The van der Waals surface area contributed by atoms with Crippen LogP contribution in [-0.2, 0) is 11.3 Å². The molecule has 0 saturated carbocycles. The number of carbonyl (C=O) groups is 1. The van der Waals surface area contributed by atoms with E-state index in [-0.39, 0.29) is 17.9 Å². The third-order valence-corrected chi connectivity index (χ3v) is 3.22. The molecule has 0 unspecified atom stereocenters. The van der Waals surface area contributed by atoms with E-state index < -0.39 is 5.97 Å². The van der Waals surface area contributed by atoms with E-state index in [4.69, 9.17) is 10.5 Å². The topological polar surface area (TPSA) is 85.4 Å². The van der Waals surface area contributed by atoms with Gasteiger partial charge in [0.15, 0.2) is 0 Å². The van der Waals surface area contributed by atoms with Crippen LogP contribution >= 0.6 is 15.9 Å². The standard InChI is InChI=1S/C14H13BrN2O3/c1-20-14(19)10-6-11(15)17-13(12(10)16)9-4-2-3-8(5-9)7-18/h2-6,18H,7,16H2,1H3. The minimum Gasteiger partial charge on any atom is -0.465 e. The number of ether oxygens (including phenoxy) is 1. The Morgan fingerprint density at radius 1 is 1.45 bits per heavy atom. The fourth-order valence-electron chi connectivity index (χ4n) is 1.84. The molecule has 0 spiro atoms. The average Bonchev–Trinajstić information content (AvgIpc) is 2.48. The number of anilines is 1. The zero-order valence-corrected chi connectivity index (χ0v) is 12.3. The number of pyridine rings is 1. The van der Waals surface area contributed by atoms with Crippen molar-refractivity contribution in [2.24, 2.45) is 0 Å². The number of nitrogen functional groups attached to an aromatic ring is 1. The number of halogens is 1. The minimum atomic E-state index is -0.523. The number of nitrogens with two attached hydrogens (primary N) is 1. The van der Waals surface area contributed by atoms with Crippen molar-refractivity contribution < 1.29 is 14.6 Å². The number of hydrogen-bond donors (Lipinski definition) is 2. The number of carbonyl (C=O) groups excluding carboxylic acids is 1. The summed E-state index contributed by atoms with van der Waals surface area (Å²) in [5, 5.41) is 9.18. The van der Waals surface area contributed by atoms with Crippen molar-refractivity contribution in [3.8, 4) is 11.3 Å². The highest BCUT2D eigenvalue weighted by Gasteiger charge is 2.17. The number of nitrogens with zero attached hydrogens (tertiary/aromatic N) is 1. The molecule has 3 N–H and O–H groups in total. The maximum Gasteiger partial charge on any atom is 0.340 e. The number of methoxy groups -OCH3 is 1. The van der Waals surface area contributed by atoms with Gasteiger partial charge in [-0.25, -0.2) is 9.78 Å². The van der Waals surface area contributed by atoms with Crippen molar-refractivity contribution in [3.63, 3.8) is 0 Å². The van der Waals surface area contributed by atoms with Crippen LogP contribution in [0, 0.1) is 0 Å². The summed E-state index contributed by atoms with van der Waals surface area (Å²) in [5.41, 5.74) is 8.43. The van der Waals surface area contributed by atoms with Gasteiger partial charge in [-0.2, -0.15) is 0 Å². The van der Waals surface area contributed by atoms with Gasteiger partial charge in [0.1, 0.15) is 4.60 Å². The normalized spacial score (nSPS) is 10.3. The van der Waals surface area contributed by atoms with Crippen LogP contribution in [0.15, 0.2) is 34.9 Å². The van der Waals surface area contributed by atoms with Crippen molar-refractivity contribution in [1.29, 1.82) is 0 Å². The molecule has 1 aromatic carbocycles. The molecule has 0 amide bonds. The molecular formula is C14H13BrN2O3. The van der Waals surface area contributed by atoms with Crippen molar-refractivity contribution in [2.75, 3.05) is 12.8 Å². The lowest BCUT2D eigenvalue weighted by Crippen LogP contribution is -2.08. The van der Waals surface area contributed by atoms with E-state index >= 15 is 0 Å². The molecule has 5 nitrogen and oxygen atoms in total. The first-order chi connectivity index (χ1) is 9.56. The average molecular weight is 337 g/mol. The maximum atomic E-state index is 11.7. The summed E-state index contributed by atoms with van der Waals surface area (Å²) in [5.74, 6) is -0.523. The van der Waals surface area contributed by atoms with Crippen LogP contribution in [0.3, 0.4) is 0 Å². The summed E-state index contributed by atoms with van der Waals surface area (Å²) < 4.78 is 5.18. The van der Waals surface area contributed by atoms with Gasteiger partial charge >= 0.3 is 5.97 Å². The fourth-order valence-corrected chi connectivity index (χ4v) is 2.25. The molecule has 0 atom stereocenters. The molecule has 20 heavy (non-hydrogen) atoms. The van der Waals surface area contributed by atoms with Crippen LogP contribution in [0.25, 0.3) is 11.3 Å². The Labute approximate surface area is 124 Å². The highest BCUT2D eigenvalue weighted by Crippen LogP contribution is 2.30. The molecule has 2 aromatic rings. The van der Waals surface area contributed by atoms with Gasteiger partial charge in [-0.05, 0) is 33.6 Å². The molecule has 0 aliphatic rings. The van der Waals surface area contributed by atoms with Gasteiger partial charge in [-0.3, -0.25) is 0 Å². The monoisotopic (exact) mass is 336 g/mol. The molecule has 0 bridgehead atoms. The minimum absolute atomic E-state index is 0.0778. The summed E-state index contributed by atoms with van der Waals surface area (Å²) in [6.45, 7) is -0.0778. The lowest BCUT2D eigenvalue weighted by molar-refractivity contribution is 0.0602. The zero-order valence-electron chi connectivity index (χ0n) is 10.8. The van der Waals surface area contributed by atoms with E-state index in [1.807, 2.05) is 6.07 Å². The summed E-state index contributed by atoms with van der Waals surface area (Å²) in [4.78, 5) is 16.0. The van der Waals surface area contributed by atoms with Gasteiger partial charge in [-0.15, -0.1) is 0 Å². The van der Waals surface area contributed by atoms with Gasteiger partial charge in [-0.1, -0.05) is 18.2 Å². The highest BCUT2D eigenvalue weighted by atomic mass is 79.9. The number of hydrogen-bond acceptors (Lipinski definition) is 5. The van der Waals surface area contributed by atoms with Gasteiger partial charge in [0.25, 0.3) is 0 Å². The fraction of sp³-hybridized carbons (Fsp3) is 0.143. The van der Waals surface area contributed by atoms with Crippen LogP contribution in [0.5, 0.6) is 0 Å². The quantitative estimate of drug-likeness (QED) is 0.663. The van der Waals surface area contributed by atoms with E-state index in [0.29, 0.717) is 10.3 Å². The van der Waals surface area contributed by atoms with Gasteiger partial charge < -0.3 is 15.6 Å². The van der Waals surface area contributed by atoms with Gasteiger partial charge in [0.2, 0.25) is 0 Å². The first-order valence-electron chi connectivity index (χ1n) is 5.81. The Bertz CT molecular complexity index is 659. The Kier molecular flexibility index (Phi) is 4.36. The lowest BCUT2D eigenvalue weighted by atomic mass is 10.0. The summed E-state index contributed by atoms with van der Waals surface area (Å²) in [6, 6.07) is 8.68. The van der Waals surface area contributed by atoms with E-state index in [1.54, 1.807) is 18.2 Å². The number of aliphatic hydroxyl groups excluding tert-OH is 1. The molecule has 0 saturated heterocycles. The van der Waals surface area contributed by atoms with Crippen molar-refractivity contribution >= 4 is 27.6 Å². The Balaban J connectivity index is 2.61. The van der Waals surface area contributed by atoms with Gasteiger partial charge in [0, 0.05) is 5.56 Å². The molecule has 2 rings (SSSR count). The van der Waals surface area contributed by atoms with Crippen molar-refractivity contribution in [2.45, 2.75) is 6.61 Å². The largest absolute Gasteiger partial charge is 0.465 e. The molecular weight excluding hydrogens is 324 g/mol. The predicted octanol–water partition coefficient (Wildman–Crippen LogP) is 2.37. The predicted molar refractivity (Wildman–Crippen MR) is 79.0 cm³/mol. The molecule has 1 heterocycles. The first-order valence-corrected chi connectivity index (χ1v) is 6.60. The Morgan fingerprint density at radius 3 is 2.85 bits per heavy atom. The molecule has 0 fully saturated rings. The second-order valence-corrected chi connectivity index (χ2v) is 4.92. The Morgan fingerprint density at radius 2 is 2.20 bits per heavy atom. The molecule has 104 valence electrons. The van der Waals surface area contributed by atoms with Crippen molar-refractivity contribution in [3.05, 3.63) is 46.1 Å². The van der Waals surface area contributed by atoms with Crippen LogP contribution in [0.1, 0.15) is 15.9 Å². The van der Waals surface area contributed by atoms with Crippen molar-refractivity contribution in [1.82, 2.24) is 4.98 Å². The third kappa shape index (κ3) is 2.81. The molecule has 0 radical (unpaired) electrons. The second-order valence-electron chi connectivity index (χ2n) is 4.10. The van der Waals surface area contributed by atoms with E-state index in [9.17, 15) is 9.90 Å². The third-order valence-electron chi connectivity index (χ3n) is 2.82. The van der Waals surface area contributed by atoms with E-state index in [2.05, 4.69) is 20.9 Å².